The largest absolute Gasteiger partial charge is 0.490 e. The van der Waals surface area contributed by atoms with Gasteiger partial charge in [0.25, 0.3) is 11.8 Å². The molecule has 0 spiro atoms. The van der Waals surface area contributed by atoms with Crippen molar-refractivity contribution in [2.45, 2.75) is 64.7 Å². The standard InChI is InChI=1S/C25H30N6O2.C2HF3O2/c1-5-18(6-2)28-24(32)17-10-11-22-19(13-17)20(23-27-15-31(29-23)16(3)4)14-30(22)25(33)21-9-7-8-12-26-21;3-2(4,5)1(6)7/h7-13,15-16,18,20H,5-6,14H2,1-4H3,(H,28,32);(H,6,7). The fourth-order valence-corrected chi connectivity index (χ4v) is 4.10. The van der Waals surface area contributed by atoms with Gasteiger partial charge < -0.3 is 15.3 Å². The highest BCUT2D eigenvalue weighted by atomic mass is 19.4. The average molecular weight is 561 g/mol. The van der Waals surface area contributed by atoms with Crippen molar-refractivity contribution in [3.8, 4) is 0 Å². The van der Waals surface area contributed by atoms with Crippen molar-refractivity contribution in [2.75, 3.05) is 11.4 Å². The first-order valence-electron chi connectivity index (χ1n) is 12.8. The average Bonchev–Trinajstić information content (AvgIpc) is 3.56. The number of anilines is 1. The number of carboxylic acid groups (broad SMARTS) is 1. The lowest BCUT2D eigenvalue weighted by Gasteiger charge is -2.18. The molecule has 4 rings (SSSR count). The molecule has 0 aliphatic carbocycles. The van der Waals surface area contributed by atoms with Crippen molar-refractivity contribution in [2.24, 2.45) is 0 Å². The second kappa shape index (κ2) is 12.7. The third-order valence-electron chi connectivity index (χ3n) is 6.38. The lowest BCUT2D eigenvalue weighted by atomic mass is 9.98. The zero-order chi connectivity index (χ0) is 29.6. The molecule has 1 aliphatic heterocycles. The molecule has 2 N–H and O–H groups in total. The van der Waals surface area contributed by atoms with Crippen LogP contribution in [0.1, 0.15) is 84.7 Å². The number of nitrogens with zero attached hydrogens (tertiary/aromatic N) is 5. The fourth-order valence-electron chi connectivity index (χ4n) is 4.10. The highest BCUT2D eigenvalue weighted by Crippen LogP contribution is 2.40. The molecule has 1 aliphatic rings. The van der Waals surface area contributed by atoms with E-state index in [2.05, 4.69) is 34.2 Å². The van der Waals surface area contributed by atoms with E-state index in [-0.39, 0.29) is 29.8 Å². The SMILES string of the molecule is CCC(CC)NC(=O)c1ccc2c(c1)C(c1ncn(C(C)C)n1)CN2C(=O)c1ccccn1.O=C(O)C(F)(F)F. The molecule has 1 aromatic carbocycles. The number of carbonyl (C=O) groups excluding carboxylic acids is 2. The Labute approximate surface area is 229 Å². The molecular formula is C27H31F3N6O4. The third-order valence-corrected chi connectivity index (χ3v) is 6.38. The number of aromatic nitrogens is 4. The van der Waals surface area contributed by atoms with Gasteiger partial charge in [-0.2, -0.15) is 18.3 Å². The van der Waals surface area contributed by atoms with E-state index < -0.39 is 12.1 Å². The van der Waals surface area contributed by atoms with Gasteiger partial charge in [0.1, 0.15) is 12.0 Å². The maximum Gasteiger partial charge on any atom is 0.490 e. The molecule has 0 bridgehead atoms. The van der Waals surface area contributed by atoms with Gasteiger partial charge in [-0.05, 0) is 62.6 Å². The van der Waals surface area contributed by atoms with Gasteiger partial charge in [0.15, 0.2) is 5.82 Å². The molecule has 0 fully saturated rings. The molecule has 1 atom stereocenters. The highest BCUT2D eigenvalue weighted by Gasteiger charge is 2.38. The van der Waals surface area contributed by atoms with Crippen LogP contribution in [0.15, 0.2) is 48.9 Å². The number of pyridine rings is 1. The number of hydrogen-bond acceptors (Lipinski definition) is 6. The Hall–Kier alpha value is -4.29. The number of carbonyl (C=O) groups is 3. The summed E-state index contributed by atoms with van der Waals surface area (Å²) in [6.45, 7) is 8.59. The topological polar surface area (TPSA) is 130 Å². The van der Waals surface area contributed by atoms with E-state index in [4.69, 9.17) is 9.90 Å². The molecule has 2 amide bonds. The summed E-state index contributed by atoms with van der Waals surface area (Å²) in [6.07, 6.45) is -0.0110. The van der Waals surface area contributed by atoms with E-state index in [1.54, 1.807) is 41.7 Å². The lowest BCUT2D eigenvalue weighted by molar-refractivity contribution is -0.192. The van der Waals surface area contributed by atoms with Crippen molar-refractivity contribution >= 4 is 23.5 Å². The molecule has 3 heterocycles. The van der Waals surface area contributed by atoms with Gasteiger partial charge in [0.2, 0.25) is 0 Å². The number of halogens is 3. The van der Waals surface area contributed by atoms with Crippen molar-refractivity contribution in [1.82, 2.24) is 25.1 Å². The first-order chi connectivity index (χ1) is 18.9. The van der Waals surface area contributed by atoms with Crippen molar-refractivity contribution in [3.63, 3.8) is 0 Å². The molecule has 0 saturated carbocycles. The third kappa shape index (κ3) is 7.01. The van der Waals surface area contributed by atoms with E-state index >= 15 is 0 Å². The Morgan fingerprint density at radius 1 is 1.10 bits per heavy atom. The monoisotopic (exact) mass is 560 g/mol. The van der Waals surface area contributed by atoms with E-state index in [0.29, 0.717) is 23.6 Å². The van der Waals surface area contributed by atoms with Crippen LogP contribution in [0.3, 0.4) is 0 Å². The summed E-state index contributed by atoms with van der Waals surface area (Å²) >= 11 is 0. The van der Waals surface area contributed by atoms with Crippen LogP contribution in [0.25, 0.3) is 0 Å². The summed E-state index contributed by atoms with van der Waals surface area (Å²) in [5.74, 6) is -2.64. The normalized spacial score (nSPS) is 14.5. The van der Waals surface area contributed by atoms with Crippen LogP contribution >= 0.6 is 0 Å². The summed E-state index contributed by atoms with van der Waals surface area (Å²) in [6, 6.07) is 11.1. The molecule has 0 saturated heterocycles. The van der Waals surface area contributed by atoms with Crippen LogP contribution in [0.5, 0.6) is 0 Å². The number of alkyl halides is 3. The fraction of sp³-hybridized carbons (Fsp3) is 0.407. The first-order valence-corrected chi connectivity index (χ1v) is 12.8. The first kappa shape index (κ1) is 30.3. The molecule has 214 valence electrons. The van der Waals surface area contributed by atoms with Crippen LogP contribution in [-0.4, -0.2) is 61.4 Å². The summed E-state index contributed by atoms with van der Waals surface area (Å²) in [5.41, 5.74) is 2.58. The smallest absolute Gasteiger partial charge is 0.475 e. The van der Waals surface area contributed by atoms with Crippen LogP contribution < -0.4 is 10.2 Å². The quantitative estimate of drug-likeness (QED) is 0.432. The van der Waals surface area contributed by atoms with E-state index in [1.165, 1.54) is 0 Å². The second-order valence-corrected chi connectivity index (χ2v) is 9.42. The maximum atomic E-state index is 13.3. The zero-order valence-electron chi connectivity index (χ0n) is 22.5. The Kier molecular flexibility index (Phi) is 9.61. The molecule has 10 nitrogen and oxygen atoms in total. The van der Waals surface area contributed by atoms with Crippen LogP contribution in [-0.2, 0) is 4.79 Å². The number of carboxylic acids is 1. The summed E-state index contributed by atoms with van der Waals surface area (Å²) in [4.78, 5) is 45.6. The molecule has 3 aromatic rings. The summed E-state index contributed by atoms with van der Waals surface area (Å²) in [7, 11) is 0. The van der Waals surface area contributed by atoms with Gasteiger partial charge in [-0.25, -0.2) is 9.78 Å². The van der Waals surface area contributed by atoms with Gasteiger partial charge in [0, 0.05) is 36.1 Å². The van der Waals surface area contributed by atoms with E-state index in [9.17, 15) is 22.8 Å². The Bertz CT molecular complexity index is 1340. The number of benzene rings is 1. The van der Waals surface area contributed by atoms with Gasteiger partial charge in [-0.3, -0.25) is 19.3 Å². The predicted octanol–water partition coefficient (Wildman–Crippen LogP) is 4.60. The van der Waals surface area contributed by atoms with Crippen LogP contribution in [0, 0.1) is 0 Å². The van der Waals surface area contributed by atoms with Crippen LogP contribution in [0.2, 0.25) is 0 Å². The Morgan fingerprint density at radius 2 is 1.77 bits per heavy atom. The summed E-state index contributed by atoms with van der Waals surface area (Å²) in [5, 5.41) is 14.9. The van der Waals surface area contributed by atoms with Crippen molar-refractivity contribution < 1.29 is 32.7 Å². The summed E-state index contributed by atoms with van der Waals surface area (Å²) < 4.78 is 33.5. The second-order valence-electron chi connectivity index (χ2n) is 9.42. The molecule has 13 heteroatoms. The zero-order valence-corrected chi connectivity index (χ0v) is 22.5. The molecule has 40 heavy (non-hydrogen) atoms. The Morgan fingerprint density at radius 3 is 2.30 bits per heavy atom. The number of rotatable bonds is 7. The van der Waals surface area contributed by atoms with E-state index in [0.717, 1.165) is 24.1 Å². The van der Waals surface area contributed by atoms with Gasteiger partial charge in [-0.1, -0.05) is 19.9 Å². The number of aliphatic carboxylic acids is 1. The van der Waals surface area contributed by atoms with Crippen LogP contribution in [0.4, 0.5) is 18.9 Å². The predicted molar refractivity (Wildman–Crippen MR) is 140 cm³/mol. The number of nitrogens with one attached hydrogen (secondary N) is 1. The number of fused-ring (bicyclic) bond motifs is 1. The minimum Gasteiger partial charge on any atom is -0.475 e. The van der Waals surface area contributed by atoms with Gasteiger partial charge in [0.05, 0.1) is 5.92 Å². The maximum absolute atomic E-state index is 13.3. The number of amides is 2. The van der Waals surface area contributed by atoms with Crippen molar-refractivity contribution in [1.29, 1.82) is 0 Å². The minimum atomic E-state index is -5.08. The molecule has 0 radical (unpaired) electrons. The Balaban J connectivity index is 0.000000559. The van der Waals surface area contributed by atoms with E-state index in [1.807, 2.05) is 30.7 Å². The van der Waals surface area contributed by atoms with Gasteiger partial charge >= 0.3 is 12.1 Å². The van der Waals surface area contributed by atoms with Crippen molar-refractivity contribution in [3.05, 3.63) is 71.6 Å². The molecule has 1 unspecified atom stereocenters. The number of hydrogen-bond donors (Lipinski definition) is 2. The lowest BCUT2D eigenvalue weighted by Crippen LogP contribution is -2.33. The highest BCUT2D eigenvalue weighted by molar-refractivity contribution is 6.07. The molecule has 2 aromatic heterocycles. The minimum absolute atomic E-state index is 0.111. The molecular weight excluding hydrogens is 529 g/mol. The van der Waals surface area contributed by atoms with Gasteiger partial charge in [-0.15, -0.1) is 0 Å².